The molecular formula is C19H15Cl3N4OS. The monoisotopic (exact) mass is 452 g/mol. The number of benzene rings is 2. The molecule has 0 aliphatic heterocycles. The van der Waals surface area contributed by atoms with Crippen molar-refractivity contribution in [3.63, 3.8) is 0 Å². The van der Waals surface area contributed by atoms with Gasteiger partial charge in [-0.15, -0.1) is 16.8 Å². The number of halogens is 3. The van der Waals surface area contributed by atoms with Crippen molar-refractivity contribution >= 4 is 58.2 Å². The predicted octanol–water partition coefficient (Wildman–Crippen LogP) is 5.82. The van der Waals surface area contributed by atoms with Crippen molar-refractivity contribution in [2.45, 2.75) is 11.7 Å². The highest BCUT2D eigenvalue weighted by Gasteiger charge is 2.16. The van der Waals surface area contributed by atoms with E-state index < -0.39 is 0 Å². The van der Waals surface area contributed by atoms with Crippen LogP contribution < -0.4 is 5.32 Å². The molecular weight excluding hydrogens is 439 g/mol. The molecule has 3 aromatic rings. The molecule has 5 nitrogen and oxygen atoms in total. The van der Waals surface area contributed by atoms with E-state index in [1.165, 1.54) is 11.8 Å². The summed E-state index contributed by atoms with van der Waals surface area (Å²) < 4.78 is 1.89. The van der Waals surface area contributed by atoms with Crippen LogP contribution in [0.5, 0.6) is 0 Å². The molecule has 1 aromatic heterocycles. The molecule has 144 valence electrons. The summed E-state index contributed by atoms with van der Waals surface area (Å²) in [6.07, 6.45) is 1.75. The van der Waals surface area contributed by atoms with Crippen LogP contribution in [0.15, 0.2) is 60.3 Å². The van der Waals surface area contributed by atoms with Crippen LogP contribution in [0.1, 0.15) is 0 Å². The minimum Gasteiger partial charge on any atom is -0.324 e. The molecule has 0 fully saturated rings. The summed E-state index contributed by atoms with van der Waals surface area (Å²) in [6.45, 7) is 4.29. The van der Waals surface area contributed by atoms with Crippen LogP contribution in [0.3, 0.4) is 0 Å². The van der Waals surface area contributed by atoms with Gasteiger partial charge in [0.25, 0.3) is 0 Å². The Morgan fingerprint density at radius 3 is 2.61 bits per heavy atom. The fourth-order valence-corrected chi connectivity index (χ4v) is 3.64. The molecule has 1 N–H and O–H groups in total. The molecule has 0 spiro atoms. The molecule has 0 radical (unpaired) electrons. The van der Waals surface area contributed by atoms with Gasteiger partial charge in [-0.2, -0.15) is 0 Å². The molecule has 0 bridgehead atoms. The second-order valence-electron chi connectivity index (χ2n) is 5.65. The third kappa shape index (κ3) is 4.89. The Morgan fingerprint density at radius 2 is 1.89 bits per heavy atom. The van der Waals surface area contributed by atoms with E-state index in [1.807, 2.05) is 16.7 Å². The topological polar surface area (TPSA) is 59.8 Å². The molecule has 0 saturated heterocycles. The van der Waals surface area contributed by atoms with Gasteiger partial charge < -0.3 is 5.32 Å². The fraction of sp³-hybridized carbons (Fsp3) is 0.105. The van der Waals surface area contributed by atoms with Crippen LogP contribution >= 0.6 is 46.6 Å². The van der Waals surface area contributed by atoms with Gasteiger partial charge in [0.2, 0.25) is 5.91 Å². The third-order valence-corrected chi connectivity index (χ3v) is 5.73. The summed E-state index contributed by atoms with van der Waals surface area (Å²) in [5.74, 6) is 0.589. The van der Waals surface area contributed by atoms with Crippen LogP contribution in [-0.4, -0.2) is 26.4 Å². The van der Waals surface area contributed by atoms with Crippen LogP contribution in [0.4, 0.5) is 5.69 Å². The van der Waals surface area contributed by atoms with E-state index in [0.717, 1.165) is 5.56 Å². The summed E-state index contributed by atoms with van der Waals surface area (Å²) in [5.41, 5.74) is 1.34. The second kappa shape index (κ2) is 9.47. The Balaban J connectivity index is 1.73. The van der Waals surface area contributed by atoms with Crippen molar-refractivity contribution in [2.24, 2.45) is 0 Å². The lowest BCUT2D eigenvalue weighted by Gasteiger charge is -2.09. The Labute approximate surface area is 181 Å². The predicted molar refractivity (Wildman–Crippen MR) is 116 cm³/mol. The number of hydrogen-bond donors (Lipinski definition) is 1. The fourth-order valence-electron chi connectivity index (χ4n) is 2.42. The van der Waals surface area contributed by atoms with Crippen LogP contribution in [0.2, 0.25) is 15.1 Å². The van der Waals surface area contributed by atoms with Gasteiger partial charge in [0, 0.05) is 17.1 Å². The van der Waals surface area contributed by atoms with Crippen molar-refractivity contribution < 1.29 is 4.79 Å². The minimum atomic E-state index is -0.227. The highest BCUT2D eigenvalue weighted by atomic mass is 35.5. The average Bonchev–Trinajstić information content (AvgIpc) is 3.07. The van der Waals surface area contributed by atoms with Crippen molar-refractivity contribution in [2.75, 3.05) is 11.1 Å². The number of rotatable bonds is 7. The first-order valence-corrected chi connectivity index (χ1v) is 10.3. The van der Waals surface area contributed by atoms with Gasteiger partial charge in [0.15, 0.2) is 11.0 Å². The lowest BCUT2D eigenvalue weighted by atomic mass is 10.2. The first-order chi connectivity index (χ1) is 13.5. The Morgan fingerprint density at radius 1 is 1.14 bits per heavy atom. The number of amides is 1. The van der Waals surface area contributed by atoms with Gasteiger partial charge in [-0.25, -0.2) is 0 Å². The molecule has 0 aliphatic rings. The van der Waals surface area contributed by atoms with Crippen LogP contribution in [-0.2, 0) is 11.3 Å². The smallest absolute Gasteiger partial charge is 0.234 e. The standard InChI is InChI=1S/C19H15Cl3N4OS/c1-2-10-26-18(12-6-8-13(20)9-7-12)24-25-19(26)28-11-16(27)23-15-5-3-4-14(21)17(15)22/h2-9H,1,10-11H2,(H,23,27). The maximum atomic E-state index is 12.3. The zero-order valence-corrected chi connectivity index (χ0v) is 17.6. The SMILES string of the molecule is C=CCn1c(SCC(=O)Nc2cccc(Cl)c2Cl)nnc1-c1ccc(Cl)cc1. The first-order valence-electron chi connectivity index (χ1n) is 8.16. The maximum Gasteiger partial charge on any atom is 0.234 e. The minimum absolute atomic E-state index is 0.138. The number of hydrogen-bond acceptors (Lipinski definition) is 4. The molecule has 0 aliphatic carbocycles. The summed E-state index contributed by atoms with van der Waals surface area (Å²) in [5, 5.41) is 13.2. The highest BCUT2D eigenvalue weighted by Crippen LogP contribution is 2.30. The van der Waals surface area contributed by atoms with Gasteiger partial charge >= 0.3 is 0 Å². The average molecular weight is 454 g/mol. The highest BCUT2D eigenvalue weighted by molar-refractivity contribution is 7.99. The molecule has 0 atom stereocenters. The summed E-state index contributed by atoms with van der Waals surface area (Å²) in [7, 11) is 0. The van der Waals surface area contributed by atoms with Gasteiger partial charge in [0.1, 0.15) is 0 Å². The zero-order valence-electron chi connectivity index (χ0n) is 14.5. The molecule has 3 rings (SSSR count). The lowest BCUT2D eigenvalue weighted by molar-refractivity contribution is -0.113. The third-order valence-electron chi connectivity index (χ3n) is 3.69. The van der Waals surface area contributed by atoms with Crippen LogP contribution in [0, 0.1) is 0 Å². The molecule has 0 unspecified atom stereocenters. The molecule has 1 heterocycles. The number of anilines is 1. The van der Waals surface area contributed by atoms with Gasteiger partial charge in [-0.1, -0.05) is 58.7 Å². The number of nitrogens with zero attached hydrogens (tertiary/aromatic N) is 3. The quantitative estimate of drug-likeness (QED) is 0.361. The van der Waals surface area contributed by atoms with E-state index in [-0.39, 0.29) is 11.7 Å². The van der Waals surface area contributed by atoms with E-state index in [9.17, 15) is 4.79 Å². The molecule has 2 aromatic carbocycles. The summed E-state index contributed by atoms with van der Waals surface area (Å²) >= 11 is 19.3. The second-order valence-corrected chi connectivity index (χ2v) is 7.81. The number of carbonyl (C=O) groups is 1. The number of aromatic nitrogens is 3. The Kier molecular flexibility index (Phi) is 7.02. The van der Waals surface area contributed by atoms with E-state index >= 15 is 0 Å². The normalized spacial score (nSPS) is 10.7. The van der Waals surface area contributed by atoms with Crippen molar-refractivity contribution in [1.29, 1.82) is 0 Å². The van der Waals surface area contributed by atoms with E-state index in [0.29, 0.717) is 38.3 Å². The van der Waals surface area contributed by atoms with Crippen molar-refractivity contribution in [1.82, 2.24) is 14.8 Å². The Bertz CT molecular complexity index is 1000. The first kappa shape index (κ1) is 20.7. The molecule has 1 amide bonds. The largest absolute Gasteiger partial charge is 0.324 e. The van der Waals surface area contributed by atoms with Crippen molar-refractivity contribution in [3.8, 4) is 11.4 Å². The van der Waals surface area contributed by atoms with Gasteiger partial charge in [0.05, 0.1) is 21.5 Å². The van der Waals surface area contributed by atoms with Gasteiger partial charge in [-0.05, 0) is 36.4 Å². The lowest BCUT2D eigenvalue weighted by Crippen LogP contribution is -2.15. The number of thioether (sulfide) groups is 1. The molecule has 9 heteroatoms. The number of allylic oxidation sites excluding steroid dienone is 1. The molecule has 0 saturated carbocycles. The van der Waals surface area contributed by atoms with E-state index in [2.05, 4.69) is 22.1 Å². The summed E-state index contributed by atoms with van der Waals surface area (Å²) in [4.78, 5) is 12.3. The number of nitrogens with one attached hydrogen (secondary N) is 1. The zero-order chi connectivity index (χ0) is 20.1. The van der Waals surface area contributed by atoms with E-state index in [4.69, 9.17) is 34.8 Å². The van der Waals surface area contributed by atoms with E-state index in [1.54, 1.807) is 36.4 Å². The Hall–Kier alpha value is -1.99. The maximum absolute atomic E-state index is 12.3. The summed E-state index contributed by atoms with van der Waals surface area (Å²) in [6, 6.07) is 12.4. The number of carbonyl (C=O) groups excluding carboxylic acids is 1. The van der Waals surface area contributed by atoms with Crippen LogP contribution in [0.25, 0.3) is 11.4 Å². The molecule has 28 heavy (non-hydrogen) atoms. The van der Waals surface area contributed by atoms with Gasteiger partial charge in [-0.3, -0.25) is 9.36 Å². The van der Waals surface area contributed by atoms with Crippen molar-refractivity contribution in [3.05, 3.63) is 70.2 Å².